The van der Waals surface area contributed by atoms with E-state index in [0.29, 0.717) is 88.7 Å². The molecule has 0 bridgehead atoms. The van der Waals surface area contributed by atoms with E-state index in [2.05, 4.69) is 47.5 Å². The van der Waals surface area contributed by atoms with Gasteiger partial charge in [-0.2, -0.15) is 0 Å². The molecule has 4 aromatic rings. The van der Waals surface area contributed by atoms with Crippen molar-refractivity contribution in [1.82, 2.24) is 51.5 Å². The summed E-state index contributed by atoms with van der Waals surface area (Å²) in [6, 6.07) is 20.7. The van der Waals surface area contributed by atoms with Crippen LogP contribution in [0.25, 0.3) is 0 Å². The van der Waals surface area contributed by atoms with E-state index < -0.39 is 58.6 Å². The van der Waals surface area contributed by atoms with Gasteiger partial charge in [0.05, 0.1) is 32.2 Å². The molecule has 1 heterocycles. The van der Waals surface area contributed by atoms with Gasteiger partial charge in [0.15, 0.2) is 5.96 Å². The molecule has 462 valence electrons. The van der Waals surface area contributed by atoms with Crippen LogP contribution in [0, 0.1) is 0 Å². The molecule has 2 atom stereocenters. The Kier molecular flexibility index (Phi) is 28.5. The van der Waals surface area contributed by atoms with Gasteiger partial charge in [-0.3, -0.25) is 68.3 Å². The molecular weight excluding hydrogens is 1100 g/mol. The number of rotatable bonds is 33. The van der Waals surface area contributed by atoms with Crippen molar-refractivity contribution in [2.24, 2.45) is 10.7 Å². The molecule has 0 saturated carbocycles. The maximum absolute atomic E-state index is 14.4. The summed E-state index contributed by atoms with van der Waals surface area (Å²) in [5.41, 5.74) is 6.96. The van der Waals surface area contributed by atoms with Gasteiger partial charge in [0.2, 0.25) is 17.7 Å². The number of hydrogen-bond acceptors (Lipinski definition) is 19. The lowest BCUT2D eigenvalue weighted by molar-refractivity contribution is -0.140. The summed E-state index contributed by atoms with van der Waals surface area (Å²) < 4.78 is 6.01. The van der Waals surface area contributed by atoms with E-state index in [1.807, 2.05) is 23.1 Å². The number of phenols is 1. The first kappa shape index (κ1) is 67.1. The van der Waals surface area contributed by atoms with Crippen LogP contribution in [0.3, 0.4) is 0 Å². The van der Waals surface area contributed by atoms with Crippen LogP contribution in [0.5, 0.6) is 11.5 Å². The molecular formula is C57H80N14O14. The monoisotopic (exact) mass is 1180 g/mol. The van der Waals surface area contributed by atoms with Crippen molar-refractivity contribution in [2.45, 2.75) is 51.1 Å². The summed E-state index contributed by atoms with van der Waals surface area (Å²) in [5.74, 6) is -4.56. The Balaban J connectivity index is 1.11. The molecule has 28 heteroatoms. The van der Waals surface area contributed by atoms with Crippen LogP contribution in [0.2, 0.25) is 0 Å². The fourth-order valence-electron chi connectivity index (χ4n) is 9.05. The number of carboxylic acids is 3. The molecule has 1 aliphatic rings. The van der Waals surface area contributed by atoms with Crippen molar-refractivity contribution in [3.8, 4) is 11.5 Å². The lowest BCUT2D eigenvalue weighted by Gasteiger charge is -2.33. The predicted molar refractivity (Wildman–Crippen MR) is 317 cm³/mol. The number of benzene rings is 3. The maximum atomic E-state index is 14.4. The highest BCUT2D eigenvalue weighted by Crippen LogP contribution is 2.27. The van der Waals surface area contributed by atoms with Gasteiger partial charge in [0, 0.05) is 111 Å². The quantitative estimate of drug-likeness (QED) is 0.0120. The highest BCUT2D eigenvalue weighted by molar-refractivity contribution is 5.95. The van der Waals surface area contributed by atoms with Crippen molar-refractivity contribution in [3.63, 3.8) is 0 Å². The summed E-state index contributed by atoms with van der Waals surface area (Å²) in [6.07, 6.45) is 1.20. The van der Waals surface area contributed by atoms with E-state index in [-0.39, 0.29) is 114 Å². The van der Waals surface area contributed by atoms with Gasteiger partial charge in [0.1, 0.15) is 28.9 Å². The highest BCUT2D eigenvalue weighted by Gasteiger charge is 2.29. The summed E-state index contributed by atoms with van der Waals surface area (Å²) >= 11 is 0. The Labute approximate surface area is 492 Å². The Bertz CT molecular complexity index is 2860. The lowest BCUT2D eigenvalue weighted by atomic mass is 9.90. The van der Waals surface area contributed by atoms with Crippen molar-refractivity contribution < 1.29 is 58.7 Å². The molecule has 5 rings (SSSR count). The third kappa shape index (κ3) is 24.6. The molecule has 14 N–H and O–H groups in total. The van der Waals surface area contributed by atoms with Crippen LogP contribution < -0.4 is 63.9 Å². The molecule has 5 amide bonds. The average molecular weight is 1190 g/mol. The number of nitrogens with two attached hydrogens (primary N) is 1. The standard InChI is InChI=1S/C57H80N14O14/c1-2-45(73)60-23-24-64-57(84)67-56(58)63-19-6-10-44(54(82)65-34-39-11-15-42(72)16-12-39)66-55(83)49(40-8-4-3-5-9-40)41-13-17-43(18-14-41)85-33-7-20-61-50-51(53(81)52(50)80)62-22-21-59-38-71-31-29-69(36-47(76)77)27-25-68(35-46(74)75)26-28-70(30-32-71)37-48(78)79/h3-5,8-9,11-18,44,49,59,61-62,72H,2,6-7,10,19-38H2,1H3,(H,60,73)(H,65,82)(H,66,83)(H,74,75)(H,76,77)(H,78,79)(H4,58,63,64,67,84)/t44-,49?/m1/s1. The van der Waals surface area contributed by atoms with E-state index in [1.165, 1.54) is 12.1 Å². The number of phenolic OH excluding ortho intramolecular Hbond substituents is 1. The fraction of sp³-hybridized carbons (Fsp3) is 0.474. The number of anilines is 2. The SMILES string of the molecule is CCC(=O)NCCNC(=O)NC(N)=NCCC[C@@H](NC(=O)C(c1ccccc1)c1ccc(OCCCNc2c(NCCNCN3CCN(CC(=O)O)CCN(CC(=O)O)CCN(CC(=O)O)CC3)c(=O)c2=O)cc1)C(=O)NCc1ccc(O)cc1. The third-order valence-corrected chi connectivity index (χ3v) is 13.6. The molecule has 1 unspecified atom stereocenters. The van der Waals surface area contributed by atoms with Crippen LogP contribution >= 0.6 is 0 Å². The first-order valence-corrected chi connectivity index (χ1v) is 28.2. The van der Waals surface area contributed by atoms with Crippen LogP contribution in [0.4, 0.5) is 16.2 Å². The second-order valence-corrected chi connectivity index (χ2v) is 20.1. The van der Waals surface area contributed by atoms with Crippen molar-refractivity contribution >= 4 is 59.0 Å². The zero-order valence-corrected chi connectivity index (χ0v) is 47.8. The third-order valence-electron chi connectivity index (χ3n) is 13.6. The second kappa shape index (κ2) is 36.1. The van der Waals surface area contributed by atoms with Crippen LogP contribution in [-0.2, 0) is 35.3 Å². The number of hydrogen-bond donors (Lipinski definition) is 13. The molecule has 0 spiro atoms. The van der Waals surface area contributed by atoms with Gasteiger partial charge < -0.3 is 68.1 Å². The minimum absolute atomic E-state index is 0.0698. The van der Waals surface area contributed by atoms with Gasteiger partial charge in [-0.1, -0.05) is 61.5 Å². The average Bonchev–Trinajstić information content (AvgIpc) is 3.18. The zero-order valence-electron chi connectivity index (χ0n) is 47.8. The molecule has 28 nitrogen and oxygen atoms in total. The smallest absolute Gasteiger partial charge is 0.321 e. The second-order valence-electron chi connectivity index (χ2n) is 20.1. The molecule has 4 aromatic carbocycles. The van der Waals surface area contributed by atoms with Crippen LogP contribution in [0.1, 0.15) is 55.2 Å². The summed E-state index contributed by atoms with van der Waals surface area (Å²) in [5, 5.41) is 61.0. The maximum Gasteiger partial charge on any atom is 0.321 e. The Hall–Kier alpha value is -8.70. The fourth-order valence-corrected chi connectivity index (χ4v) is 9.05. The van der Waals surface area contributed by atoms with Crippen molar-refractivity contribution in [2.75, 3.05) is 135 Å². The van der Waals surface area contributed by atoms with E-state index in [4.69, 9.17) is 10.5 Å². The number of carbonyl (C=O) groups is 7. The number of nitrogens with zero attached hydrogens (tertiary/aromatic N) is 5. The number of aliphatic imine (C=N–C) groups is 1. The van der Waals surface area contributed by atoms with Gasteiger partial charge in [-0.25, -0.2) is 4.79 Å². The van der Waals surface area contributed by atoms with Gasteiger partial charge in [-0.05, 0) is 60.2 Å². The summed E-state index contributed by atoms with van der Waals surface area (Å²) in [7, 11) is 0. The number of ether oxygens (including phenoxy) is 1. The first-order valence-electron chi connectivity index (χ1n) is 28.2. The molecule has 0 aliphatic carbocycles. The molecule has 1 fully saturated rings. The molecule has 85 heavy (non-hydrogen) atoms. The minimum Gasteiger partial charge on any atom is -0.508 e. The predicted octanol–water partition coefficient (Wildman–Crippen LogP) is -0.843. The molecule has 1 saturated heterocycles. The number of aromatic hydroxyl groups is 1. The Morgan fingerprint density at radius 2 is 1.16 bits per heavy atom. The van der Waals surface area contributed by atoms with Gasteiger partial charge in [-0.15, -0.1) is 0 Å². The van der Waals surface area contributed by atoms with E-state index in [1.54, 1.807) is 70.2 Å². The van der Waals surface area contributed by atoms with Crippen molar-refractivity contribution in [3.05, 3.63) is 116 Å². The molecule has 0 radical (unpaired) electrons. The molecule has 1 aliphatic heterocycles. The lowest BCUT2D eigenvalue weighted by Crippen LogP contribution is -2.50. The number of guanidine groups is 1. The summed E-state index contributed by atoms with van der Waals surface area (Å²) in [4.78, 5) is 123. The van der Waals surface area contributed by atoms with Crippen LogP contribution in [-0.4, -0.2) is 218 Å². The normalized spacial score (nSPS) is 14.8. The van der Waals surface area contributed by atoms with Crippen LogP contribution in [0.15, 0.2) is 93.4 Å². The Morgan fingerprint density at radius 3 is 1.73 bits per heavy atom. The topological polar surface area (TPSA) is 391 Å². The zero-order chi connectivity index (χ0) is 61.5. The molecule has 0 aromatic heterocycles. The van der Waals surface area contributed by atoms with Gasteiger partial charge in [0.25, 0.3) is 10.9 Å². The number of nitrogens with one attached hydrogen (secondary N) is 8. The van der Waals surface area contributed by atoms with E-state index in [0.717, 1.165) is 5.56 Å². The minimum atomic E-state index is -1.03. The number of aliphatic carboxylic acids is 3. The number of urea groups is 1. The first-order chi connectivity index (χ1) is 40.9. The number of amides is 5. The van der Waals surface area contributed by atoms with E-state index >= 15 is 0 Å². The van der Waals surface area contributed by atoms with Gasteiger partial charge >= 0.3 is 23.9 Å². The number of carbonyl (C=O) groups excluding carboxylic acids is 4. The van der Waals surface area contributed by atoms with Crippen molar-refractivity contribution in [1.29, 1.82) is 0 Å². The largest absolute Gasteiger partial charge is 0.508 e. The summed E-state index contributed by atoms with van der Waals surface area (Å²) in [6.45, 7) is 5.95. The Morgan fingerprint density at radius 1 is 0.624 bits per heavy atom. The highest BCUT2D eigenvalue weighted by atomic mass is 16.5. The number of carboxylic acid groups (broad SMARTS) is 3. The van der Waals surface area contributed by atoms with E-state index in [9.17, 15) is 63.6 Å².